The Morgan fingerprint density at radius 1 is 1.39 bits per heavy atom. The quantitative estimate of drug-likeness (QED) is 0.881. The number of fused-ring (bicyclic) bond motifs is 1. The van der Waals surface area contributed by atoms with Crippen molar-refractivity contribution in [2.24, 2.45) is 5.92 Å². The molecule has 0 radical (unpaired) electrons. The predicted octanol–water partition coefficient (Wildman–Crippen LogP) is 1.05. The fraction of sp³-hybridized carbons (Fsp3) is 0.538. The van der Waals surface area contributed by atoms with E-state index in [0.717, 1.165) is 25.7 Å². The van der Waals surface area contributed by atoms with Crippen molar-refractivity contribution in [3.63, 3.8) is 0 Å². The molecule has 2 atom stereocenters. The van der Waals surface area contributed by atoms with Gasteiger partial charge in [-0.3, -0.25) is 4.79 Å². The van der Waals surface area contributed by atoms with Gasteiger partial charge in [-0.15, -0.1) is 0 Å². The van der Waals surface area contributed by atoms with Gasteiger partial charge in [0.15, 0.2) is 0 Å². The second-order valence-corrected chi connectivity index (χ2v) is 5.00. The topological polar surface area (TPSA) is 59.5 Å². The number of aliphatic hydroxyl groups excluding tert-OH is 1. The molecule has 0 amide bonds. The molecule has 1 N–H and O–H groups in total. The zero-order chi connectivity index (χ0) is 12.5. The van der Waals surface area contributed by atoms with Crippen molar-refractivity contribution in [1.29, 1.82) is 0 Å². The van der Waals surface area contributed by atoms with E-state index in [2.05, 4.69) is 5.10 Å². The van der Waals surface area contributed by atoms with Gasteiger partial charge < -0.3 is 9.67 Å². The van der Waals surface area contributed by atoms with Crippen molar-refractivity contribution in [3.05, 3.63) is 35.0 Å². The summed E-state index contributed by atoms with van der Waals surface area (Å²) in [5.74, 6) is 0.345. The van der Waals surface area contributed by atoms with Gasteiger partial charge in [-0.25, -0.2) is 4.52 Å². The maximum absolute atomic E-state index is 12.1. The van der Waals surface area contributed by atoms with Crippen molar-refractivity contribution in [2.75, 3.05) is 0 Å². The van der Waals surface area contributed by atoms with Crippen LogP contribution in [0.1, 0.15) is 25.7 Å². The van der Waals surface area contributed by atoms with Crippen LogP contribution in [0.4, 0.5) is 0 Å². The van der Waals surface area contributed by atoms with E-state index in [1.54, 1.807) is 33.7 Å². The summed E-state index contributed by atoms with van der Waals surface area (Å²) in [6.07, 6.45) is 8.95. The number of hydrogen-bond donors (Lipinski definition) is 1. The van der Waals surface area contributed by atoms with Gasteiger partial charge in [0.1, 0.15) is 5.52 Å². The van der Waals surface area contributed by atoms with Gasteiger partial charge in [0.25, 0.3) is 5.56 Å². The summed E-state index contributed by atoms with van der Waals surface area (Å²) in [7, 11) is 0. The third kappa shape index (κ3) is 1.95. The molecule has 18 heavy (non-hydrogen) atoms. The molecule has 0 spiro atoms. The first kappa shape index (κ1) is 11.5. The first-order valence-electron chi connectivity index (χ1n) is 6.46. The molecule has 2 aromatic heterocycles. The lowest BCUT2D eigenvalue weighted by molar-refractivity contribution is 0.125. The zero-order valence-corrected chi connectivity index (χ0v) is 10.2. The highest BCUT2D eigenvalue weighted by atomic mass is 16.3. The van der Waals surface area contributed by atoms with Crippen LogP contribution in [-0.2, 0) is 6.54 Å². The smallest absolute Gasteiger partial charge is 0.276 e. The van der Waals surface area contributed by atoms with E-state index in [1.807, 2.05) is 0 Å². The maximum Gasteiger partial charge on any atom is 0.276 e. The summed E-state index contributed by atoms with van der Waals surface area (Å²) in [6, 6.07) is 1.73. The lowest BCUT2D eigenvalue weighted by Crippen LogP contribution is -2.24. The minimum Gasteiger partial charge on any atom is -0.393 e. The lowest BCUT2D eigenvalue weighted by Gasteiger charge is -2.14. The average Bonchev–Trinajstić information content (AvgIpc) is 2.98. The molecule has 1 aliphatic rings. The number of nitrogens with zero attached hydrogens (tertiary/aromatic N) is 3. The fourth-order valence-electron chi connectivity index (χ4n) is 2.80. The molecule has 96 valence electrons. The second-order valence-electron chi connectivity index (χ2n) is 5.00. The molecule has 5 heteroatoms. The number of aryl methyl sites for hydroxylation is 1. The highest BCUT2D eigenvalue weighted by Crippen LogP contribution is 2.28. The Bertz CT molecular complexity index is 602. The van der Waals surface area contributed by atoms with Gasteiger partial charge >= 0.3 is 0 Å². The van der Waals surface area contributed by atoms with Gasteiger partial charge in [-0.1, -0.05) is 6.42 Å². The average molecular weight is 247 g/mol. The Morgan fingerprint density at radius 2 is 2.28 bits per heavy atom. The summed E-state index contributed by atoms with van der Waals surface area (Å²) < 4.78 is 3.30. The summed E-state index contributed by atoms with van der Waals surface area (Å²) in [6.45, 7) is 0.669. The van der Waals surface area contributed by atoms with Crippen molar-refractivity contribution in [3.8, 4) is 0 Å². The normalized spacial score (nSPS) is 23.8. The Morgan fingerprint density at radius 3 is 3.06 bits per heavy atom. The molecule has 2 heterocycles. The van der Waals surface area contributed by atoms with E-state index < -0.39 is 0 Å². The first-order chi connectivity index (χ1) is 8.75. The Kier molecular flexibility index (Phi) is 2.91. The largest absolute Gasteiger partial charge is 0.393 e. The van der Waals surface area contributed by atoms with E-state index in [1.165, 1.54) is 0 Å². The predicted molar refractivity (Wildman–Crippen MR) is 67.4 cm³/mol. The van der Waals surface area contributed by atoms with Gasteiger partial charge in [0, 0.05) is 18.9 Å². The highest BCUT2D eigenvalue weighted by Gasteiger charge is 2.24. The van der Waals surface area contributed by atoms with Crippen molar-refractivity contribution >= 4 is 5.52 Å². The summed E-state index contributed by atoms with van der Waals surface area (Å²) >= 11 is 0. The van der Waals surface area contributed by atoms with E-state index in [9.17, 15) is 9.90 Å². The van der Waals surface area contributed by atoms with Crippen molar-refractivity contribution in [2.45, 2.75) is 38.3 Å². The second kappa shape index (κ2) is 4.57. The first-order valence-corrected chi connectivity index (χ1v) is 6.46. The van der Waals surface area contributed by atoms with Crippen LogP contribution in [0.3, 0.4) is 0 Å². The Balaban J connectivity index is 1.78. The van der Waals surface area contributed by atoms with Crippen LogP contribution in [0.5, 0.6) is 0 Å². The van der Waals surface area contributed by atoms with Crippen LogP contribution in [-0.4, -0.2) is 25.4 Å². The number of aliphatic hydroxyl groups is 1. The molecule has 0 aliphatic heterocycles. The molecule has 0 aromatic carbocycles. The molecular weight excluding hydrogens is 230 g/mol. The molecule has 1 saturated carbocycles. The molecule has 3 rings (SSSR count). The Hall–Kier alpha value is -1.62. The molecule has 2 aromatic rings. The molecule has 5 nitrogen and oxygen atoms in total. The molecule has 2 unspecified atom stereocenters. The molecule has 1 fully saturated rings. The van der Waals surface area contributed by atoms with Crippen LogP contribution in [0.25, 0.3) is 5.52 Å². The monoisotopic (exact) mass is 247 g/mol. The van der Waals surface area contributed by atoms with Gasteiger partial charge in [-0.05, 0) is 31.2 Å². The molecule has 1 aliphatic carbocycles. The molecule has 0 bridgehead atoms. The van der Waals surface area contributed by atoms with Crippen LogP contribution in [0.2, 0.25) is 0 Å². The summed E-state index contributed by atoms with van der Waals surface area (Å²) in [5.41, 5.74) is 0.590. The third-order valence-electron chi connectivity index (χ3n) is 3.90. The lowest BCUT2D eigenvalue weighted by atomic mass is 10.0. The minimum atomic E-state index is -0.181. The zero-order valence-electron chi connectivity index (χ0n) is 10.2. The SMILES string of the molecule is O=c1c2ccnn2ccn1CCC1CCCC1O. The van der Waals surface area contributed by atoms with Gasteiger partial charge in [-0.2, -0.15) is 5.10 Å². The van der Waals surface area contributed by atoms with Crippen LogP contribution in [0, 0.1) is 5.92 Å². The van der Waals surface area contributed by atoms with E-state index in [0.29, 0.717) is 18.0 Å². The summed E-state index contributed by atoms with van der Waals surface area (Å²) in [5, 5.41) is 13.8. The van der Waals surface area contributed by atoms with E-state index in [-0.39, 0.29) is 11.7 Å². The van der Waals surface area contributed by atoms with Crippen LogP contribution < -0.4 is 5.56 Å². The minimum absolute atomic E-state index is 0.0116. The van der Waals surface area contributed by atoms with E-state index >= 15 is 0 Å². The standard InChI is InChI=1S/C13H17N3O2/c17-12-3-1-2-10(12)5-7-15-8-9-16-11(13(15)18)4-6-14-16/h4,6,8-10,12,17H,1-3,5,7H2. The number of rotatable bonds is 3. The number of aromatic nitrogens is 3. The molecule has 0 saturated heterocycles. The number of hydrogen-bond acceptors (Lipinski definition) is 3. The van der Waals surface area contributed by atoms with Gasteiger partial charge in [0.05, 0.1) is 12.3 Å². The Labute approximate surface area is 105 Å². The van der Waals surface area contributed by atoms with Crippen molar-refractivity contribution < 1.29 is 5.11 Å². The highest BCUT2D eigenvalue weighted by molar-refractivity contribution is 5.42. The maximum atomic E-state index is 12.1. The van der Waals surface area contributed by atoms with Crippen LogP contribution >= 0.6 is 0 Å². The van der Waals surface area contributed by atoms with E-state index in [4.69, 9.17) is 0 Å². The molecular formula is C13H17N3O2. The third-order valence-corrected chi connectivity index (χ3v) is 3.90. The van der Waals surface area contributed by atoms with Crippen LogP contribution in [0.15, 0.2) is 29.5 Å². The fourth-order valence-corrected chi connectivity index (χ4v) is 2.80. The van der Waals surface area contributed by atoms with Gasteiger partial charge in [0.2, 0.25) is 0 Å². The van der Waals surface area contributed by atoms with Crippen molar-refractivity contribution in [1.82, 2.24) is 14.2 Å². The summed E-state index contributed by atoms with van der Waals surface area (Å²) in [4.78, 5) is 12.1.